The van der Waals surface area contributed by atoms with Gasteiger partial charge in [-0.1, -0.05) is 12.7 Å². The smallest absolute Gasteiger partial charge is 0.320 e. The average molecular weight is 222 g/mol. The van der Waals surface area contributed by atoms with Crippen molar-refractivity contribution in [2.24, 2.45) is 0 Å². The molecule has 0 amide bonds. The van der Waals surface area contributed by atoms with Crippen LogP contribution in [0.2, 0.25) is 0 Å². The van der Waals surface area contributed by atoms with Crippen molar-refractivity contribution in [2.75, 3.05) is 14.1 Å². The number of rotatable bonds is 3. The van der Waals surface area contributed by atoms with Gasteiger partial charge in [-0.2, -0.15) is 0 Å². The van der Waals surface area contributed by atoms with E-state index < -0.39 is 5.97 Å². The van der Waals surface area contributed by atoms with E-state index in [1.54, 1.807) is 44.4 Å². The highest BCUT2D eigenvalue weighted by atomic mass is 16.4. The van der Waals surface area contributed by atoms with Crippen LogP contribution < -0.4 is 0 Å². The first-order chi connectivity index (χ1) is 7.49. The van der Waals surface area contributed by atoms with Gasteiger partial charge in [-0.05, 0) is 38.7 Å². The minimum atomic E-state index is -0.782. The number of carboxylic acids is 1. The number of hydrogen-bond donors (Lipinski definition) is 1. The lowest BCUT2D eigenvalue weighted by molar-refractivity contribution is -0.141. The molecule has 1 N–H and O–H groups in total. The van der Waals surface area contributed by atoms with Crippen LogP contribution in [0.25, 0.3) is 6.08 Å². The molecule has 0 aromatic carbocycles. The summed E-state index contributed by atoms with van der Waals surface area (Å²) in [5.41, 5.74) is 1.11. The van der Waals surface area contributed by atoms with E-state index in [4.69, 9.17) is 5.11 Å². The number of aromatic nitrogens is 1. The second kappa shape index (κ2) is 7.59. The molecular formula is C12H18N2O2. The Hall–Kier alpha value is -1.68. The molecular weight excluding hydrogens is 204 g/mol. The lowest BCUT2D eigenvalue weighted by Gasteiger charge is -2.13. The summed E-state index contributed by atoms with van der Waals surface area (Å²) in [4.78, 5) is 15.6. The van der Waals surface area contributed by atoms with Gasteiger partial charge in [-0.25, -0.2) is 0 Å². The van der Waals surface area contributed by atoms with Crippen molar-refractivity contribution < 1.29 is 9.90 Å². The summed E-state index contributed by atoms with van der Waals surface area (Å²) in [7, 11) is 3.47. The first-order valence-corrected chi connectivity index (χ1v) is 4.90. The number of aliphatic carboxylic acids is 1. The number of carboxylic acid groups (broad SMARTS) is 1. The van der Waals surface area contributed by atoms with Crippen molar-refractivity contribution in [2.45, 2.75) is 13.0 Å². The average Bonchev–Trinajstić information content (AvgIpc) is 2.29. The largest absolute Gasteiger partial charge is 0.480 e. The third-order valence-electron chi connectivity index (χ3n) is 2.07. The first kappa shape index (κ1) is 14.3. The maximum atomic E-state index is 10.1. The minimum absolute atomic E-state index is 0.380. The van der Waals surface area contributed by atoms with Gasteiger partial charge in [0, 0.05) is 12.4 Å². The van der Waals surface area contributed by atoms with Crippen molar-refractivity contribution in [1.82, 2.24) is 9.88 Å². The van der Waals surface area contributed by atoms with Crippen molar-refractivity contribution in [3.05, 3.63) is 36.7 Å². The molecule has 0 aliphatic rings. The summed E-state index contributed by atoms with van der Waals surface area (Å²) >= 11 is 0. The zero-order valence-electron chi connectivity index (χ0n) is 9.92. The molecule has 0 saturated heterocycles. The van der Waals surface area contributed by atoms with Gasteiger partial charge in [0.15, 0.2) is 0 Å². The van der Waals surface area contributed by atoms with E-state index in [2.05, 4.69) is 11.6 Å². The van der Waals surface area contributed by atoms with Gasteiger partial charge in [0.2, 0.25) is 0 Å². The lowest BCUT2D eigenvalue weighted by Crippen LogP contribution is -2.32. The predicted molar refractivity (Wildman–Crippen MR) is 65.1 cm³/mol. The molecule has 1 aromatic heterocycles. The monoisotopic (exact) mass is 222 g/mol. The Morgan fingerprint density at radius 1 is 1.50 bits per heavy atom. The first-order valence-electron chi connectivity index (χ1n) is 4.90. The maximum absolute atomic E-state index is 10.1. The summed E-state index contributed by atoms with van der Waals surface area (Å²) in [6.45, 7) is 5.24. The van der Waals surface area contributed by atoms with Gasteiger partial charge in [0.05, 0.1) is 0 Å². The molecule has 4 nitrogen and oxygen atoms in total. The van der Waals surface area contributed by atoms with Crippen molar-refractivity contribution in [1.29, 1.82) is 0 Å². The summed E-state index contributed by atoms with van der Waals surface area (Å²) in [5.74, 6) is -0.782. The molecule has 88 valence electrons. The Morgan fingerprint density at radius 2 is 2.00 bits per heavy atom. The van der Waals surface area contributed by atoms with E-state index in [0.29, 0.717) is 0 Å². The van der Waals surface area contributed by atoms with Gasteiger partial charge in [-0.3, -0.25) is 14.7 Å². The third-order valence-corrected chi connectivity index (χ3v) is 2.07. The van der Waals surface area contributed by atoms with Crippen molar-refractivity contribution >= 4 is 12.0 Å². The van der Waals surface area contributed by atoms with E-state index in [1.807, 2.05) is 12.1 Å². The lowest BCUT2D eigenvalue weighted by atomic mass is 10.3. The topological polar surface area (TPSA) is 53.4 Å². The summed E-state index contributed by atoms with van der Waals surface area (Å²) in [6.07, 6.45) is 5.29. The summed E-state index contributed by atoms with van der Waals surface area (Å²) in [5, 5.41) is 8.31. The quantitative estimate of drug-likeness (QED) is 0.846. The summed E-state index contributed by atoms with van der Waals surface area (Å²) in [6, 6.07) is 3.44. The molecule has 4 heteroatoms. The SMILES string of the molecule is C=Cc1ccncc1.CC(C(=O)O)N(C)C. The van der Waals surface area contributed by atoms with E-state index in [-0.39, 0.29) is 6.04 Å². The highest BCUT2D eigenvalue weighted by molar-refractivity contribution is 5.72. The van der Waals surface area contributed by atoms with E-state index in [0.717, 1.165) is 5.56 Å². The van der Waals surface area contributed by atoms with Gasteiger partial charge in [0.25, 0.3) is 0 Å². The molecule has 0 aliphatic carbocycles. The standard InChI is InChI=1S/C7H7N.C5H11NO2/c1-2-7-3-5-8-6-4-7;1-4(5(7)8)6(2)3/h2-6H,1H2;4H,1-3H3,(H,7,8). The number of pyridine rings is 1. The molecule has 1 unspecified atom stereocenters. The molecule has 1 atom stereocenters. The minimum Gasteiger partial charge on any atom is -0.480 e. The van der Waals surface area contributed by atoms with Gasteiger partial charge < -0.3 is 5.11 Å². The fourth-order valence-corrected chi connectivity index (χ4v) is 0.720. The van der Waals surface area contributed by atoms with Crippen LogP contribution >= 0.6 is 0 Å². The van der Waals surface area contributed by atoms with E-state index >= 15 is 0 Å². The number of hydrogen-bond acceptors (Lipinski definition) is 3. The third kappa shape index (κ3) is 5.93. The van der Waals surface area contributed by atoms with Crippen LogP contribution in [0.5, 0.6) is 0 Å². The second-order valence-electron chi connectivity index (χ2n) is 3.46. The van der Waals surface area contributed by atoms with Crippen LogP contribution in [0.4, 0.5) is 0 Å². The van der Waals surface area contributed by atoms with Gasteiger partial charge >= 0.3 is 5.97 Å². The Labute approximate surface area is 96.2 Å². The van der Waals surface area contributed by atoms with E-state index in [9.17, 15) is 4.79 Å². The molecule has 0 radical (unpaired) electrons. The Morgan fingerprint density at radius 3 is 2.19 bits per heavy atom. The van der Waals surface area contributed by atoms with Gasteiger partial charge in [-0.15, -0.1) is 0 Å². The van der Waals surface area contributed by atoms with Gasteiger partial charge in [0.1, 0.15) is 6.04 Å². The summed E-state index contributed by atoms with van der Waals surface area (Å²) < 4.78 is 0. The number of likely N-dealkylation sites (N-methyl/N-ethyl adjacent to an activating group) is 1. The highest BCUT2D eigenvalue weighted by Gasteiger charge is 2.11. The second-order valence-corrected chi connectivity index (χ2v) is 3.46. The normalized spacial score (nSPS) is 11.2. The zero-order valence-corrected chi connectivity index (χ0v) is 9.92. The number of carbonyl (C=O) groups is 1. The fourth-order valence-electron chi connectivity index (χ4n) is 0.720. The van der Waals surface area contributed by atoms with Crippen LogP contribution in [0.15, 0.2) is 31.1 Å². The zero-order chi connectivity index (χ0) is 12.6. The molecule has 0 fully saturated rings. The molecule has 16 heavy (non-hydrogen) atoms. The molecule has 0 spiro atoms. The van der Waals surface area contributed by atoms with Crippen LogP contribution in [0, 0.1) is 0 Å². The molecule has 1 aromatic rings. The van der Waals surface area contributed by atoms with Crippen molar-refractivity contribution in [3.8, 4) is 0 Å². The van der Waals surface area contributed by atoms with Crippen LogP contribution in [-0.2, 0) is 4.79 Å². The Balaban J connectivity index is 0.000000281. The molecule has 0 saturated carbocycles. The van der Waals surface area contributed by atoms with Crippen LogP contribution in [0.3, 0.4) is 0 Å². The van der Waals surface area contributed by atoms with Crippen molar-refractivity contribution in [3.63, 3.8) is 0 Å². The van der Waals surface area contributed by atoms with E-state index in [1.165, 1.54) is 0 Å². The molecule has 1 rings (SSSR count). The number of nitrogens with zero attached hydrogens (tertiary/aromatic N) is 2. The Kier molecular flexibility index (Phi) is 6.79. The predicted octanol–water partition coefficient (Wildman–Crippen LogP) is 1.75. The molecule has 0 aliphatic heterocycles. The molecule has 0 bridgehead atoms. The molecule has 1 heterocycles. The Bertz CT molecular complexity index is 323. The van der Waals surface area contributed by atoms with Crippen LogP contribution in [-0.4, -0.2) is 41.1 Å². The van der Waals surface area contributed by atoms with Crippen LogP contribution in [0.1, 0.15) is 12.5 Å². The highest BCUT2D eigenvalue weighted by Crippen LogP contribution is 1.95. The maximum Gasteiger partial charge on any atom is 0.320 e. The fraction of sp³-hybridized carbons (Fsp3) is 0.333.